The molecule has 4 rings (SSSR count). The molecule has 2 amide bonds. The number of hydrogen-bond acceptors (Lipinski definition) is 5. The standard InChI is InChI=1S/C22H30N6O2/c1-26-11-8-20(25-26)22(30)27-12-6-19(7-13-27)28-10-3-5-18(16-28)21(29)24-15-17-4-2-9-23-14-17/h2,4,8-9,11,14,18-19H,3,5-7,10,12-13,15-16H2,1H3,(H,24,29)/t18-/m1/s1. The van der Waals surface area contributed by atoms with E-state index in [1.807, 2.05) is 24.1 Å². The molecule has 8 heteroatoms. The van der Waals surface area contributed by atoms with Crippen molar-refractivity contribution in [2.24, 2.45) is 13.0 Å². The monoisotopic (exact) mass is 410 g/mol. The number of nitrogens with one attached hydrogen (secondary N) is 1. The Morgan fingerprint density at radius 2 is 2.00 bits per heavy atom. The van der Waals surface area contributed by atoms with E-state index in [1.165, 1.54) is 0 Å². The molecule has 30 heavy (non-hydrogen) atoms. The van der Waals surface area contributed by atoms with Crippen molar-refractivity contribution in [2.45, 2.75) is 38.3 Å². The van der Waals surface area contributed by atoms with Gasteiger partial charge in [-0.1, -0.05) is 6.07 Å². The molecule has 0 radical (unpaired) electrons. The van der Waals surface area contributed by atoms with Crippen molar-refractivity contribution in [3.8, 4) is 0 Å². The topological polar surface area (TPSA) is 83.4 Å². The number of aromatic nitrogens is 3. The van der Waals surface area contributed by atoms with Gasteiger partial charge in [0.25, 0.3) is 5.91 Å². The van der Waals surface area contributed by atoms with E-state index in [1.54, 1.807) is 29.3 Å². The first-order valence-electron chi connectivity index (χ1n) is 10.8. The number of rotatable bonds is 5. The second-order valence-corrected chi connectivity index (χ2v) is 8.31. The lowest BCUT2D eigenvalue weighted by atomic mass is 9.93. The molecule has 0 aliphatic carbocycles. The van der Waals surface area contributed by atoms with Crippen LogP contribution in [0, 0.1) is 5.92 Å². The van der Waals surface area contributed by atoms with E-state index in [4.69, 9.17) is 0 Å². The largest absolute Gasteiger partial charge is 0.352 e. The van der Waals surface area contributed by atoms with Crippen molar-refractivity contribution in [3.05, 3.63) is 48.0 Å². The van der Waals surface area contributed by atoms with Crippen molar-refractivity contribution < 1.29 is 9.59 Å². The van der Waals surface area contributed by atoms with E-state index in [-0.39, 0.29) is 17.7 Å². The molecule has 0 saturated carbocycles. The van der Waals surface area contributed by atoms with E-state index in [9.17, 15) is 9.59 Å². The number of aryl methyl sites for hydroxylation is 1. The Morgan fingerprint density at radius 3 is 2.70 bits per heavy atom. The van der Waals surface area contributed by atoms with Crippen LogP contribution in [0.2, 0.25) is 0 Å². The average Bonchev–Trinajstić information content (AvgIpc) is 3.24. The molecule has 2 aromatic rings. The molecule has 2 aliphatic heterocycles. The summed E-state index contributed by atoms with van der Waals surface area (Å²) in [6, 6.07) is 6.06. The highest BCUT2D eigenvalue weighted by Crippen LogP contribution is 2.24. The SMILES string of the molecule is Cn1ccc(C(=O)N2CCC(N3CCC[C@@H](C(=O)NCc4cccnc4)C3)CC2)n1. The molecule has 0 aromatic carbocycles. The van der Waals surface area contributed by atoms with Gasteiger partial charge in [0, 0.05) is 57.9 Å². The summed E-state index contributed by atoms with van der Waals surface area (Å²) in [5.41, 5.74) is 1.53. The fourth-order valence-electron chi connectivity index (χ4n) is 4.51. The van der Waals surface area contributed by atoms with Gasteiger partial charge in [0.1, 0.15) is 5.69 Å². The minimum Gasteiger partial charge on any atom is -0.352 e. The zero-order valence-electron chi connectivity index (χ0n) is 17.5. The Morgan fingerprint density at radius 1 is 1.17 bits per heavy atom. The summed E-state index contributed by atoms with van der Waals surface area (Å²) in [5, 5.41) is 7.30. The molecule has 0 spiro atoms. The molecule has 1 atom stereocenters. The van der Waals surface area contributed by atoms with Crippen LogP contribution in [-0.2, 0) is 18.4 Å². The zero-order chi connectivity index (χ0) is 20.9. The Bertz CT molecular complexity index is 860. The number of likely N-dealkylation sites (tertiary alicyclic amines) is 2. The Labute approximate surface area is 177 Å². The van der Waals surface area contributed by atoms with Crippen LogP contribution in [0.25, 0.3) is 0 Å². The molecular weight excluding hydrogens is 380 g/mol. The van der Waals surface area contributed by atoms with Crippen molar-refractivity contribution >= 4 is 11.8 Å². The van der Waals surface area contributed by atoms with Crippen LogP contribution >= 0.6 is 0 Å². The Kier molecular flexibility index (Phi) is 6.42. The number of carbonyl (C=O) groups is 2. The molecule has 4 heterocycles. The lowest BCUT2D eigenvalue weighted by Gasteiger charge is -2.41. The molecular formula is C22H30N6O2. The number of hydrogen-bond donors (Lipinski definition) is 1. The first-order valence-corrected chi connectivity index (χ1v) is 10.8. The fourth-order valence-corrected chi connectivity index (χ4v) is 4.51. The Hall–Kier alpha value is -2.74. The number of nitrogens with zero attached hydrogens (tertiary/aromatic N) is 5. The third-order valence-electron chi connectivity index (χ3n) is 6.21. The van der Waals surface area contributed by atoms with E-state index in [0.717, 1.165) is 57.4 Å². The molecule has 0 bridgehead atoms. The van der Waals surface area contributed by atoms with Gasteiger partial charge in [-0.2, -0.15) is 5.10 Å². The van der Waals surface area contributed by atoms with E-state index in [0.29, 0.717) is 18.3 Å². The highest BCUT2D eigenvalue weighted by atomic mass is 16.2. The quantitative estimate of drug-likeness (QED) is 0.807. The predicted octanol–water partition coefficient (Wildman–Crippen LogP) is 1.45. The molecule has 2 aromatic heterocycles. The first-order chi connectivity index (χ1) is 14.6. The summed E-state index contributed by atoms with van der Waals surface area (Å²) in [4.78, 5) is 33.7. The van der Waals surface area contributed by atoms with E-state index >= 15 is 0 Å². The van der Waals surface area contributed by atoms with E-state index < -0.39 is 0 Å². The van der Waals surface area contributed by atoms with Gasteiger partial charge in [-0.3, -0.25) is 24.2 Å². The van der Waals surface area contributed by atoms with Crippen molar-refractivity contribution in [2.75, 3.05) is 26.2 Å². The van der Waals surface area contributed by atoms with Crippen LogP contribution in [0.5, 0.6) is 0 Å². The summed E-state index contributed by atoms with van der Waals surface area (Å²) in [7, 11) is 1.82. The summed E-state index contributed by atoms with van der Waals surface area (Å²) in [6.07, 6.45) is 9.19. The average molecular weight is 411 g/mol. The maximum atomic E-state index is 12.7. The third kappa shape index (κ3) is 4.87. The van der Waals surface area contributed by atoms with Gasteiger partial charge >= 0.3 is 0 Å². The molecule has 160 valence electrons. The minimum absolute atomic E-state index is 0.0142. The molecule has 2 aliphatic rings. The van der Waals surface area contributed by atoms with Crippen LogP contribution < -0.4 is 5.32 Å². The van der Waals surface area contributed by atoms with Crippen LogP contribution in [-0.4, -0.2) is 68.6 Å². The minimum atomic E-state index is 0.0142. The predicted molar refractivity (Wildman–Crippen MR) is 113 cm³/mol. The van der Waals surface area contributed by atoms with Gasteiger partial charge in [0.05, 0.1) is 5.92 Å². The fraction of sp³-hybridized carbons (Fsp3) is 0.545. The van der Waals surface area contributed by atoms with E-state index in [2.05, 4.69) is 20.3 Å². The lowest BCUT2D eigenvalue weighted by molar-refractivity contribution is -0.127. The molecule has 1 N–H and O–H groups in total. The van der Waals surface area contributed by atoms with Gasteiger partial charge in [-0.25, -0.2) is 0 Å². The maximum Gasteiger partial charge on any atom is 0.274 e. The number of amides is 2. The number of pyridine rings is 1. The molecule has 8 nitrogen and oxygen atoms in total. The van der Waals surface area contributed by atoms with Crippen LogP contribution in [0.15, 0.2) is 36.8 Å². The van der Waals surface area contributed by atoms with Crippen molar-refractivity contribution in [1.82, 2.24) is 29.9 Å². The summed E-state index contributed by atoms with van der Waals surface area (Å²) < 4.78 is 1.66. The Balaban J connectivity index is 1.26. The number of piperidine rings is 2. The summed E-state index contributed by atoms with van der Waals surface area (Å²) >= 11 is 0. The van der Waals surface area contributed by atoms with Crippen LogP contribution in [0.3, 0.4) is 0 Å². The third-order valence-corrected chi connectivity index (χ3v) is 6.21. The van der Waals surface area contributed by atoms with Gasteiger partial charge in [-0.15, -0.1) is 0 Å². The second-order valence-electron chi connectivity index (χ2n) is 8.31. The first kappa shape index (κ1) is 20.5. The van der Waals surface area contributed by atoms with Crippen molar-refractivity contribution in [3.63, 3.8) is 0 Å². The van der Waals surface area contributed by atoms with Crippen molar-refractivity contribution in [1.29, 1.82) is 0 Å². The van der Waals surface area contributed by atoms with Gasteiger partial charge < -0.3 is 10.2 Å². The lowest BCUT2D eigenvalue weighted by Crippen LogP contribution is -2.51. The van der Waals surface area contributed by atoms with Crippen LogP contribution in [0.4, 0.5) is 0 Å². The highest BCUT2D eigenvalue weighted by molar-refractivity contribution is 5.92. The van der Waals surface area contributed by atoms with Gasteiger partial charge in [-0.05, 0) is 49.9 Å². The zero-order valence-corrected chi connectivity index (χ0v) is 17.5. The van der Waals surface area contributed by atoms with Gasteiger partial charge in [0.2, 0.25) is 5.91 Å². The second kappa shape index (κ2) is 9.38. The van der Waals surface area contributed by atoms with Gasteiger partial charge in [0.15, 0.2) is 0 Å². The molecule has 2 saturated heterocycles. The summed E-state index contributed by atoms with van der Waals surface area (Å²) in [5.74, 6) is 0.176. The maximum absolute atomic E-state index is 12.7. The molecule has 0 unspecified atom stereocenters. The normalized spacial score (nSPS) is 20.8. The molecule has 2 fully saturated rings. The highest BCUT2D eigenvalue weighted by Gasteiger charge is 2.33. The summed E-state index contributed by atoms with van der Waals surface area (Å²) in [6.45, 7) is 3.85. The van der Waals surface area contributed by atoms with Crippen LogP contribution in [0.1, 0.15) is 41.7 Å². The number of carbonyl (C=O) groups excluding carboxylic acids is 2. The smallest absolute Gasteiger partial charge is 0.274 e.